The lowest BCUT2D eigenvalue weighted by Crippen LogP contribution is -2.80. The normalized spacial score (nSPS) is 46.2. The van der Waals surface area contributed by atoms with E-state index < -0.39 is 88.4 Å². The lowest BCUT2D eigenvalue weighted by molar-refractivity contribution is -0.450. The van der Waals surface area contributed by atoms with Gasteiger partial charge in [-0.25, -0.2) is 0 Å². The Morgan fingerprint density at radius 1 is 0.979 bits per heavy atom. The molecule has 0 aromatic heterocycles. The molecule has 2 aromatic rings. The molecule has 0 radical (unpaired) electrons. The molecule has 3 saturated heterocycles. The molecule has 3 bridgehead atoms. The van der Waals surface area contributed by atoms with Crippen molar-refractivity contribution in [3.63, 3.8) is 0 Å². The van der Waals surface area contributed by atoms with Crippen LogP contribution in [0.25, 0.3) is 0 Å². The van der Waals surface area contributed by atoms with E-state index in [0.717, 1.165) is 12.8 Å². The number of rotatable bonds is 9. The van der Waals surface area contributed by atoms with Gasteiger partial charge in [-0.05, 0) is 43.7 Å². The summed E-state index contributed by atoms with van der Waals surface area (Å²) in [6.45, 7) is 6.92. The van der Waals surface area contributed by atoms with Crippen molar-refractivity contribution in [3.05, 3.63) is 83.9 Å². The molecular weight excluding hydrogens is 616 g/mol. The predicted octanol–water partition coefficient (Wildman–Crippen LogP) is 3.35. The highest BCUT2D eigenvalue weighted by Crippen LogP contribution is 2.76. The second kappa shape index (κ2) is 10.5. The van der Waals surface area contributed by atoms with Gasteiger partial charge in [-0.2, -0.15) is 0 Å². The third-order valence-corrected chi connectivity index (χ3v) is 12.7. The van der Waals surface area contributed by atoms with Gasteiger partial charge in [-0.15, -0.1) is 0 Å². The number of benzene rings is 2. The van der Waals surface area contributed by atoms with Crippen LogP contribution < -0.4 is 0 Å². The molecule has 10 heteroatoms. The molecule has 3 aliphatic heterocycles. The van der Waals surface area contributed by atoms with Gasteiger partial charge in [0.1, 0.15) is 41.2 Å². The predicted molar refractivity (Wildman–Crippen MR) is 170 cm³/mol. The maximum Gasteiger partial charge on any atom is 0.313 e. The fourth-order valence-corrected chi connectivity index (χ4v) is 10.2. The fourth-order valence-electron chi connectivity index (χ4n) is 10.2. The summed E-state index contributed by atoms with van der Waals surface area (Å²) in [6.07, 6.45) is 0.916. The van der Waals surface area contributed by atoms with E-state index in [-0.39, 0.29) is 12.3 Å². The largest absolute Gasteiger partial charge is 0.459 e. The Balaban J connectivity index is 1.25. The van der Waals surface area contributed by atoms with Crippen molar-refractivity contribution in [1.29, 1.82) is 0 Å². The number of fused-ring (bicyclic) bond motifs is 3. The maximum absolute atomic E-state index is 13.8. The topological polar surface area (TPSA) is 144 Å². The zero-order chi connectivity index (χ0) is 33.9. The number of aryl methyl sites for hydroxylation is 1. The molecule has 8 rings (SSSR count). The van der Waals surface area contributed by atoms with Crippen molar-refractivity contribution < 1.29 is 48.6 Å². The number of esters is 1. The van der Waals surface area contributed by atoms with Gasteiger partial charge in [0.15, 0.2) is 11.4 Å². The van der Waals surface area contributed by atoms with Gasteiger partial charge in [-0.3, -0.25) is 9.59 Å². The first-order chi connectivity index (χ1) is 22.9. The molecule has 10 nitrogen and oxygen atoms in total. The molecule has 6 aliphatic rings. The highest BCUT2D eigenvalue weighted by Gasteiger charge is 2.93. The van der Waals surface area contributed by atoms with Gasteiger partial charge in [0.05, 0.1) is 12.0 Å². The summed E-state index contributed by atoms with van der Waals surface area (Å²) in [5, 5.41) is 35.2. The van der Waals surface area contributed by atoms with Crippen molar-refractivity contribution >= 4 is 11.8 Å². The summed E-state index contributed by atoms with van der Waals surface area (Å²) in [4.78, 5) is 27.5. The van der Waals surface area contributed by atoms with Crippen LogP contribution in [0, 0.1) is 23.2 Å². The van der Waals surface area contributed by atoms with E-state index in [1.807, 2.05) is 69.3 Å². The van der Waals surface area contributed by atoms with Crippen molar-refractivity contribution in [2.45, 2.75) is 106 Å². The van der Waals surface area contributed by atoms with Gasteiger partial charge in [0.25, 0.3) is 0 Å². The van der Waals surface area contributed by atoms with Crippen LogP contribution in [0.5, 0.6) is 0 Å². The highest BCUT2D eigenvalue weighted by atomic mass is 16.9. The Morgan fingerprint density at radius 3 is 2.33 bits per heavy atom. The van der Waals surface area contributed by atoms with E-state index in [1.54, 1.807) is 13.0 Å². The van der Waals surface area contributed by atoms with Crippen LogP contribution in [0.3, 0.4) is 0 Å². The molecule has 256 valence electrons. The Morgan fingerprint density at radius 2 is 1.67 bits per heavy atom. The molecule has 0 spiro atoms. The molecule has 4 unspecified atom stereocenters. The zero-order valence-corrected chi connectivity index (χ0v) is 27.7. The van der Waals surface area contributed by atoms with Crippen LogP contribution in [0.15, 0.2) is 72.8 Å². The van der Waals surface area contributed by atoms with E-state index in [1.165, 1.54) is 11.6 Å². The van der Waals surface area contributed by atoms with E-state index in [2.05, 4.69) is 12.1 Å². The first-order valence-electron chi connectivity index (χ1n) is 17.2. The minimum atomic E-state index is -2.44. The van der Waals surface area contributed by atoms with Crippen molar-refractivity contribution in [2.24, 2.45) is 23.2 Å². The van der Waals surface area contributed by atoms with Crippen LogP contribution in [0.4, 0.5) is 0 Å². The smallest absolute Gasteiger partial charge is 0.313 e. The minimum absolute atomic E-state index is 0.189. The summed E-state index contributed by atoms with van der Waals surface area (Å²) in [5.74, 6) is -4.64. The second-order valence-corrected chi connectivity index (χ2v) is 15.1. The monoisotopic (exact) mass is 660 g/mol. The van der Waals surface area contributed by atoms with Gasteiger partial charge in [-0.1, -0.05) is 87.5 Å². The molecule has 0 amide bonds. The standard InChI is InChI=1S/C38H44O10/c1-22(2)35-29(44-27(41)18-12-11-15-24-13-7-5-8-14-24)23(3)37-28(31(35)46-38(47-35,48-37)25-16-9-6-10-17-25)30-34(21-39,45-30)32(42)36(43)26(40)19-20-33(36,37)4/h5-10,13-14,16-17,19-20,22-23,28-32,39,42-43H,11-12,15,18,21H2,1-4H3/t23-,28+,29-,30+,31?,32-,33-,34+,35?,36-,37?,38?/m1/s1. The fraction of sp³-hybridized carbons (Fsp3) is 0.579. The van der Waals surface area contributed by atoms with Crippen LogP contribution >= 0.6 is 0 Å². The third-order valence-electron chi connectivity index (χ3n) is 12.7. The van der Waals surface area contributed by atoms with Gasteiger partial charge >= 0.3 is 11.9 Å². The van der Waals surface area contributed by atoms with Crippen LogP contribution in [0.2, 0.25) is 0 Å². The number of ketones is 1. The van der Waals surface area contributed by atoms with E-state index in [4.69, 9.17) is 23.7 Å². The van der Waals surface area contributed by atoms with Crippen molar-refractivity contribution in [3.8, 4) is 0 Å². The first-order valence-corrected chi connectivity index (χ1v) is 17.2. The minimum Gasteiger partial charge on any atom is -0.459 e. The summed E-state index contributed by atoms with van der Waals surface area (Å²) in [6, 6.07) is 19.3. The number of carbonyl (C=O) groups is 2. The molecule has 3 heterocycles. The highest BCUT2D eigenvalue weighted by molar-refractivity contribution is 6.02. The Bertz CT molecular complexity index is 1650. The molecule has 3 aliphatic carbocycles. The molecule has 2 saturated carbocycles. The van der Waals surface area contributed by atoms with Gasteiger partial charge < -0.3 is 39.0 Å². The zero-order valence-electron chi connectivity index (χ0n) is 27.7. The number of ether oxygens (including phenoxy) is 5. The van der Waals surface area contributed by atoms with Crippen molar-refractivity contribution in [2.75, 3.05) is 6.61 Å². The number of aliphatic hydroxyl groups excluding tert-OH is 2. The molecule has 3 N–H and O–H groups in total. The van der Waals surface area contributed by atoms with E-state index in [9.17, 15) is 24.9 Å². The average Bonchev–Trinajstić information content (AvgIpc) is 3.71. The quantitative estimate of drug-likeness (QED) is 0.208. The van der Waals surface area contributed by atoms with E-state index in [0.29, 0.717) is 12.0 Å². The number of hydrogen-bond donors (Lipinski definition) is 3. The first kappa shape index (κ1) is 32.3. The lowest BCUT2D eigenvalue weighted by Gasteiger charge is -2.65. The van der Waals surface area contributed by atoms with Crippen LogP contribution in [0.1, 0.15) is 58.1 Å². The SMILES string of the molecule is CC(C)C12OC3(c4ccccc4)OC1[C@@H]1[C@@H]4O[C@]4(CO)[C@@H](O)[C@]4(O)C(=O)C=C[C@@]4(C)C1(O3)[C@H](C)[C@H]2OC(=O)CCCCc1ccccc1. The summed E-state index contributed by atoms with van der Waals surface area (Å²) >= 11 is 0. The summed E-state index contributed by atoms with van der Waals surface area (Å²) in [5.41, 5.74) is -6.71. The molecule has 2 aromatic carbocycles. The maximum atomic E-state index is 13.8. The molecule has 48 heavy (non-hydrogen) atoms. The number of aliphatic hydroxyl groups is 3. The number of carbonyl (C=O) groups excluding carboxylic acids is 2. The van der Waals surface area contributed by atoms with Crippen molar-refractivity contribution in [1.82, 2.24) is 0 Å². The molecule has 5 fully saturated rings. The Kier molecular flexibility index (Phi) is 7.07. The Labute approximate surface area is 280 Å². The van der Waals surface area contributed by atoms with Gasteiger partial charge in [0.2, 0.25) is 0 Å². The number of epoxide rings is 1. The third kappa shape index (κ3) is 3.72. The lowest BCUT2D eigenvalue weighted by atomic mass is 9.47. The van der Waals surface area contributed by atoms with Crippen LogP contribution in [-0.2, 0) is 45.7 Å². The number of hydrogen-bond acceptors (Lipinski definition) is 10. The summed E-state index contributed by atoms with van der Waals surface area (Å²) in [7, 11) is 0. The van der Waals surface area contributed by atoms with E-state index >= 15 is 0 Å². The molecular formula is C38H44O10. The second-order valence-electron chi connectivity index (χ2n) is 15.1. The average molecular weight is 661 g/mol. The molecule has 12 atom stereocenters. The summed E-state index contributed by atoms with van der Waals surface area (Å²) < 4.78 is 34.0. The van der Waals surface area contributed by atoms with Crippen LogP contribution in [-0.4, -0.2) is 80.5 Å². The number of unbranched alkanes of at least 4 members (excludes halogenated alkanes) is 1. The Hall–Kier alpha value is -2.96. The van der Waals surface area contributed by atoms with Gasteiger partial charge in [0, 0.05) is 23.8 Å².